The Kier molecular flexibility index (Phi) is 7.74. The van der Waals surface area contributed by atoms with Crippen LogP contribution in [0.4, 0.5) is 5.69 Å². The summed E-state index contributed by atoms with van der Waals surface area (Å²) in [6.45, 7) is 1.83. The smallest absolute Gasteiger partial charge is 0.338 e. The van der Waals surface area contributed by atoms with Crippen molar-refractivity contribution in [2.45, 2.75) is 51.7 Å². The van der Waals surface area contributed by atoms with Gasteiger partial charge in [0, 0.05) is 11.8 Å². The van der Waals surface area contributed by atoms with Crippen molar-refractivity contribution < 1.29 is 40.7 Å². The number of carbonyl (C=O) groups is 1. The Bertz CT molecular complexity index is 1900. The molecule has 2 aliphatic heterocycles. The van der Waals surface area contributed by atoms with E-state index in [9.17, 15) is 21.6 Å². The standard InChI is InChI=1S/C34H31NO9S2/c1-2-41-34(36)33-31-26-19-29-28(42-21-43-29)18-25(26)27(32(31)35(44-33)22-12-6-3-7-13-22)20-30(45(37,38)23-14-8-4-9-15-23)46(39,40)24-16-10-5-11-17-24/h3-19,27,30-33H,2,20-21H2,1H3/t27-,31-,32+,33-/m0/s1. The molecule has 12 heteroatoms. The minimum Gasteiger partial charge on any atom is -0.464 e. The third kappa shape index (κ3) is 5.01. The first-order chi connectivity index (χ1) is 22.2. The van der Waals surface area contributed by atoms with Gasteiger partial charge >= 0.3 is 5.97 Å². The summed E-state index contributed by atoms with van der Waals surface area (Å²) in [5.41, 5.74) is 1.97. The van der Waals surface area contributed by atoms with E-state index < -0.39 is 54.2 Å². The fraction of sp³-hybridized carbons (Fsp3) is 0.265. The van der Waals surface area contributed by atoms with E-state index in [-0.39, 0.29) is 29.6 Å². The quantitative estimate of drug-likeness (QED) is 0.226. The molecular formula is C34H31NO9S2. The highest BCUT2D eigenvalue weighted by molar-refractivity contribution is 8.09. The molecule has 0 bridgehead atoms. The molecule has 10 nitrogen and oxygen atoms in total. The van der Waals surface area contributed by atoms with Gasteiger partial charge in [-0.25, -0.2) is 26.7 Å². The highest BCUT2D eigenvalue weighted by Gasteiger charge is 2.59. The fourth-order valence-electron chi connectivity index (χ4n) is 6.75. The van der Waals surface area contributed by atoms with Crippen LogP contribution in [0.1, 0.15) is 36.3 Å². The average Bonchev–Trinajstić information content (AvgIpc) is 3.78. The number of benzene rings is 4. The van der Waals surface area contributed by atoms with Crippen LogP contribution < -0.4 is 14.5 Å². The first-order valence-electron chi connectivity index (χ1n) is 14.9. The molecule has 46 heavy (non-hydrogen) atoms. The number of anilines is 1. The molecule has 4 atom stereocenters. The largest absolute Gasteiger partial charge is 0.464 e. The number of ether oxygens (including phenoxy) is 3. The molecule has 0 spiro atoms. The minimum atomic E-state index is -4.45. The topological polar surface area (TPSA) is 126 Å². The monoisotopic (exact) mass is 661 g/mol. The van der Waals surface area contributed by atoms with Crippen LogP contribution in [0.5, 0.6) is 11.5 Å². The van der Waals surface area contributed by atoms with Crippen LogP contribution in [0.3, 0.4) is 0 Å². The lowest BCUT2D eigenvalue weighted by Crippen LogP contribution is -2.38. The maximum absolute atomic E-state index is 14.4. The van der Waals surface area contributed by atoms with Crippen LogP contribution in [-0.2, 0) is 34.0 Å². The number of nitrogens with zero attached hydrogens (tertiary/aromatic N) is 1. The van der Waals surface area contributed by atoms with Crippen molar-refractivity contribution in [3.63, 3.8) is 0 Å². The van der Waals surface area contributed by atoms with Crippen LogP contribution in [0.15, 0.2) is 113 Å². The number of sulfone groups is 2. The minimum absolute atomic E-state index is 0.00166. The van der Waals surface area contributed by atoms with Crippen molar-refractivity contribution >= 4 is 31.3 Å². The second-order valence-corrected chi connectivity index (χ2v) is 15.8. The molecule has 238 valence electrons. The van der Waals surface area contributed by atoms with Gasteiger partial charge < -0.3 is 14.2 Å². The molecule has 4 aromatic carbocycles. The van der Waals surface area contributed by atoms with Crippen molar-refractivity contribution in [2.24, 2.45) is 0 Å². The zero-order chi connectivity index (χ0) is 32.1. The number of rotatable bonds is 9. The summed E-state index contributed by atoms with van der Waals surface area (Å²) >= 11 is 0. The van der Waals surface area contributed by atoms with Gasteiger partial charge in [-0.1, -0.05) is 54.6 Å². The van der Waals surface area contributed by atoms with E-state index in [1.165, 1.54) is 24.3 Å². The van der Waals surface area contributed by atoms with Crippen LogP contribution in [0.25, 0.3) is 0 Å². The van der Waals surface area contributed by atoms with Gasteiger partial charge in [-0.15, -0.1) is 0 Å². The number of para-hydroxylation sites is 1. The van der Waals surface area contributed by atoms with Crippen molar-refractivity contribution in [2.75, 3.05) is 18.5 Å². The Morgan fingerprint density at radius 2 is 1.33 bits per heavy atom. The van der Waals surface area contributed by atoms with Crippen LogP contribution in [-0.4, -0.2) is 52.9 Å². The van der Waals surface area contributed by atoms with Gasteiger partial charge in [-0.2, -0.15) is 0 Å². The normalized spacial score (nSPS) is 21.7. The molecule has 0 N–H and O–H groups in total. The summed E-state index contributed by atoms with van der Waals surface area (Å²) in [7, 11) is -8.91. The summed E-state index contributed by atoms with van der Waals surface area (Å²) in [5.74, 6) is -1.02. The van der Waals surface area contributed by atoms with E-state index in [4.69, 9.17) is 19.0 Å². The molecule has 0 aromatic heterocycles. The summed E-state index contributed by atoms with van der Waals surface area (Å²) in [6.07, 6.45) is -1.41. The van der Waals surface area contributed by atoms with E-state index in [0.29, 0.717) is 28.3 Å². The van der Waals surface area contributed by atoms with Gasteiger partial charge in [0.1, 0.15) is 0 Å². The zero-order valence-electron chi connectivity index (χ0n) is 24.8. The Morgan fingerprint density at radius 3 is 1.87 bits per heavy atom. The average molecular weight is 662 g/mol. The van der Waals surface area contributed by atoms with E-state index in [2.05, 4.69) is 0 Å². The van der Waals surface area contributed by atoms with Gasteiger partial charge in [0.25, 0.3) is 0 Å². The lowest BCUT2D eigenvalue weighted by atomic mass is 9.89. The molecule has 1 saturated heterocycles. The van der Waals surface area contributed by atoms with Gasteiger partial charge in [0.2, 0.25) is 6.79 Å². The van der Waals surface area contributed by atoms with Gasteiger partial charge in [0.05, 0.1) is 28.1 Å². The summed E-state index contributed by atoms with van der Waals surface area (Å²) < 4.78 is 72.5. The van der Waals surface area contributed by atoms with Gasteiger partial charge in [0.15, 0.2) is 41.9 Å². The SMILES string of the molecule is CCOC(=O)[C@H]1ON(c2ccccc2)[C@H]2[C@@H]1c1cc3c(cc1[C@@H]2CC(S(=O)(=O)c1ccccc1)S(=O)(=O)c1ccccc1)OCO3. The highest BCUT2D eigenvalue weighted by Crippen LogP contribution is 2.57. The number of hydroxylamine groups is 1. The first kappa shape index (κ1) is 30.3. The zero-order valence-corrected chi connectivity index (χ0v) is 26.4. The number of hydrogen-bond donors (Lipinski definition) is 0. The van der Waals surface area contributed by atoms with Gasteiger partial charge in [-0.3, -0.25) is 4.84 Å². The molecule has 7 rings (SSSR count). The first-order valence-corrected chi connectivity index (χ1v) is 18.0. The van der Waals surface area contributed by atoms with Crippen molar-refractivity contribution in [1.29, 1.82) is 0 Å². The third-order valence-corrected chi connectivity index (χ3v) is 13.9. The molecule has 2 heterocycles. The number of hydrogen-bond acceptors (Lipinski definition) is 10. The molecule has 0 amide bonds. The van der Waals surface area contributed by atoms with Crippen molar-refractivity contribution in [3.8, 4) is 11.5 Å². The second kappa shape index (κ2) is 11.8. The lowest BCUT2D eigenvalue weighted by Gasteiger charge is -2.31. The number of fused-ring (bicyclic) bond motifs is 4. The summed E-state index contributed by atoms with van der Waals surface area (Å²) in [5, 5.41) is 1.60. The lowest BCUT2D eigenvalue weighted by molar-refractivity contribution is -0.155. The van der Waals surface area contributed by atoms with Crippen molar-refractivity contribution in [1.82, 2.24) is 0 Å². The van der Waals surface area contributed by atoms with E-state index in [1.54, 1.807) is 60.5 Å². The molecule has 1 aliphatic carbocycles. The maximum atomic E-state index is 14.4. The Balaban J connectivity index is 1.42. The Morgan fingerprint density at radius 1 is 0.804 bits per heavy atom. The van der Waals surface area contributed by atoms with Crippen LogP contribution in [0.2, 0.25) is 0 Å². The second-order valence-electron chi connectivity index (χ2n) is 11.3. The van der Waals surface area contributed by atoms with E-state index in [0.717, 1.165) is 0 Å². The number of esters is 1. The van der Waals surface area contributed by atoms with Gasteiger partial charge in [-0.05, 0) is 73.0 Å². The molecule has 0 radical (unpaired) electrons. The fourth-order valence-corrected chi connectivity index (χ4v) is 11.4. The molecule has 3 aliphatic rings. The molecule has 0 saturated carbocycles. The third-order valence-electron chi connectivity index (χ3n) is 8.75. The van der Waals surface area contributed by atoms with Crippen LogP contribution >= 0.6 is 0 Å². The Hall–Kier alpha value is -4.39. The molecule has 1 fully saturated rings. The predicted octanol–water partition coefficient (Wildman–Crippen LogP) is 5.01. The molecule has 0 unspecified atom stereocenters. The molecule has 4 aromatic rings. The maximum Gasteiger partial charge on any atom is 0.338 e. The van der Waals surface area contributed by atoms with Crippen molar-refractivity contribution in [3.05, 3.63) is 114 Å². The summed E-state index contributed by atoms with van der Waals surface area (Å²) in [4.78, 5) is 19.5. The predicted molar refractivity (Wildman–Crippen MR) is 168 cm³/mol. The summed E-state index contributed by atoms with van der Waals surface area (Å²) in [6, 6.07) is 27.2. The highest BCUT2D eigenvalue weighted by atomic mass is 32.3. The van der Waals surface area contributed by atoms with E-state index in [1.807, 2.05) is 30.3 Å². The Labute approximate surface area is 267 Å². The van der Waals surface area contributed by atoms with E-state index >= 15 is 0 Å². The molecular weight excluding hydrogens is 631 g/mol. The van der Waals surface area contributed by atoms with Crippen LogP contribution in [0, 0.1) is 0 Å². The number of carbonyl (C=O) groups excluding carboxylic acids is 1.